The molecule has 0 amide bonds. The summed E-state index contributed by atoms with van der Waals surface area (Å²) in [5.74, 6) is 1.99. The van der Waals surface area contributed by atoms with Crippen LogP contribution in [0.15, 0.2) is 0 Å². The number of hydrogen-bond acceptors (Lipinski definition) is 2. The van der Waals surface area contributed by atoms with E-state index < -0.39 is 0 Å². The van der Waals surface area contributed by atoms with Crippen LogP contribution in [0, 0.1) is 11.8 Å². The maximum Gasteiger partial charge on any atom is 0.0192 e. The van der Waals surface area contributed by atoms with Gasteiger partial charge in [-0.25, -0.2) is 0 Å². The van der Waals surface area contributed by atoms with Gasteiger partial charge in [-0.3, -0.25) is 0 Å². The van der Waals surface area contributed by atoms with E-state index in [1.807, 2.05) is 0 Å². The van der Waals surface area contributed by atoms with Crippen molar-refractivity contribution in [1.29, 1.82) is 0 Å². The summed E-state index contributed by atoms with van der Waals surface area (Å²) in [5, 5.41) is 7.31. The van der Waals surface area contributed by atoms with Crippen molar-refractivity contribution < 1.29 is 0 Å². The summed E-state index contributed by atoms with van der Waals surface area (Å²) in [6, 6.07) is 0.746. The van der Waals surface area contributed by atoms with Crippen LogP contribution in [0.4, 0.5) is 0 Å². The molecule has 2 aliphatic rings. The topological polar surface area (TPSA) is 24.1 Å². The van der Waals surface area contributed by atoms with E-state index in [1.165, 1.54) is 71.0 Å². The van der Waals surface area contributed by atoms with E-state index in [0.29, 0.717) is 0 Å². The van der Waals surface area contributed by atoms with Crippen molar-refractivity contribution in [1.82, 2.24) is 10.6 Å². The first-order valence-electron chi connectivity index (χ1n) is 7.82. The molecule has 0 bridgehead atoms. The molecule has 0 spiro atoms. The molecule has 0 aromatic heterocycles. The molecule has 1 atom stereocenters. The largest absolute Gasteiger partial charge is 0.315 e. The van der Waals surface area contributed by atoms with Crippen LogP contribution in [0.5, 0.6) is 0 Å². The van der Waals surface area contributed by atoms with Crippen LogP contribution in [0.1, 0.15) is 58.3 Å². The van der Waals surface area contributed by atoms with Crippen LogP contribution in [0.25, 0.3) is 0 Å². The van der Waals surface area contributed by atoms with Gasteiger partial charge in [0.2, 0.25) is 0 Å². The van der Waals surface area contributed by atoms with Crippen molar-refractivity contribution in [2.45, 2.75) is 64.3 Å². The second kappa shape index (κ2) is 7.38. The zero-order valence-corrected chi connectivity index (χ0v) is 11.5. The quantitative estimate of drug-likeness (QED) is 0.769. The van der Waals surface area contributed by atoms with E-state index in [1.54, 1.807) is 0 Å². The van der Waals surface area contributed by atoms with Gasteiger partial charge in [0.25, 0.3) is 0 Å². The van der Waals surface area contributed by atoms with Crippen LogP contribution < -0.4 is 10.6 Å². The third-order valence-corrected chi connectivity index (χ3v) is 4.78. The SMILES string of the molecule is CCC1CCC(CNCC2CCCCN2)CC1. The first kappa shape index (κ1) is 13.4. The Hall–Kier alpha value is -0.0800. The Morgan fingerprint density at radius 2 is 1.71 bits per heavy atom. The van der Waals surface area contributed by atoms with Crippen LogP contribution >= 0.6 is 0 Å². The Balaban J connectivity index is 1.53. The molecule has 2 fully saturated rings. The summed E-state index contributed by atoms with van der Waals surface area (Å²) in [4.78, 5) is 0. The molecule has 1 saturated heterocycles. The highest BCUT2D eigenvalue weighted by molar-refractivity contribution is 4.77. The highest BCUT2D eigenvalue weighted by Gasteiger charge is 2.20. The average molecular weight is 238 g/mol. The molecule has 2 nitrogen and oxygen atoms in total. The van der Waals surface area contributed by atoms with Gasteiger partial charge in [-0.15, -0.1) is 0 Å². The molecule has 100 valence electrons. The first-order valence-corrected chi connectivity index (χ1v) is 7.82. The van der Waals surface area contributed by atoms with E-state index >= 15 is 0 Å². The predicted molar refractivity (Wildman–Crippen MR) is 74.3 cm³/mol. The molecule has 1 unspecified atom stereocenters. The Kier molecular flexibility index (Phi) is 5.79. The third kappa shape index (κ3) is 4.59. The normalized spacial score (nSPS) is 34.8. The van der Waals surface area contributed by atoms with Gasteiger partial charge < -0.3 is 10.6 Å². The molecule has 2 rings (SSSR count). The molecule has 1 heterocycles. The fraction of sp³-hybridized carbons (Fsp3) is 1.00. The number of rotatable bonds is 5. The van der Waals surface area contributed by atoms with Crippen molar-refractivity contribution in [3.05, 3.63) is 0 Å². The van der Waals surface area contributed by atoms with E-state index in [-0.39, 0.29) is 0 Å². The fourth-order valence-corrected chi connectivity index (χ4v) is 3.40. The second-order valence-corrected chi connectivity index (χ2v) is 6.10. The zero-order valence-electron chi connectivity index (χ0n) is 11.5. The van der Waals surface area contributed by atoms with Crippen LogP contribution in [-0.2, 0) is 0 Å². The minimum atomic E-state index is 0.746. The van der Waals surface area contributed by atoms with E-state index in [4.69, 9.17) is 0 Å². The van der Waals surface area contributed by atoms with Crippen molar-refractivity contribution in [3.8, 4) is 0 Å². The predicted octanol–water partition coefficient (Wildman–Crippen LogP) is 2.93. The van der Waals surface area contributed by atoms with Crippen LogP contribution in [-0.4, -0.2) is 25.7 Å². The lowest BCUT2D eigenvalue weighted by Crippen LogP contribution is -2.43. The van der Waals surface area contributed by atoms with Crippen molar-refractivity contribution >= 4 is 0 Å². The Morgan fingerprint density at radius 1 is 0.941 bits per heavy atom. The molecule has 1 aliphatic carbocycles. The molecule has 17 heavy (non-hydrogen) atoms. The van der Waals surface area contributed by atoms with Gasteiger partial charge in [-0.1, -0.05) is 32.6 Å². The van der Waals surface area contributed by atoms with Gasteiger partial charge in [0.15, 0.2) is 0 Å². The van der Waals surface area contributed by atoms with E-state index in [9.17, 15) is 0 Å². The Bertz CT molecular complexity index is 191. The van der Waals surface area contributed by atoms with Gasteiger partial charge in [-0.2, -0.15) is 0 Å². The average Bonchev–Trinajstić information content (AvgIpc) is 2.41. The Morgan fingerprint density at radius 3 is 2.35 bits per heavy atom. The highest BCUT2D eigenvalue weighted by Crippen LogP contribution is 2.30. The minimum Gasteiger partial charge on any atom is -0.315 e. The van der Waals surface area contributed by atoms with Crippen molar-refractivity contribution in [2.24, 2.45) is 11.8 Å². The summed E-state index contributed by atoms with van der Waals surface area (Å²) >= 11 is 0. The maximum absolute atomic E-state index is 3.70. The van der Waals surface area contributed by atoms with Gasteiger partial charge in [-0.05, 0) is 50.6 Å². The summed E-state index contributed by atoms with van der Waals surface area (Å²) in [6.07, 6.45) is 11.4. The molecule has 2 heteroatoms. The van der Waals surface area contributed by atoms with Crippen LogP contribution in [0.2, 0.25) is 0 Å². The van der Waals surface area contributed by atoms with Crippen molar-refractivity contribution in [3.63, 3.8) is 0 Å². The molecule has 0 radical (unpaired) electrons. The molecule has 1 aliphatic heterocycles. The summed E-state index contributed by atoms with van der Waals surface area (Å²) < 4.78 is 0. The van der Waals surface area contributed by atoms with E-state index in [0.717, 1.165) is 17.9 Å². The number of hydrogen-bond donors (Lipinski definition) is 2. The van der Waals surface area contributed by atoms with Crippen LogP contribution in [0.3, 0.4) is 0 Å². The van der Waals surface area contributed by atoms with Gasteiger partial charge in [0.1, 0.15) is 0 Å². The van der Waals surface area contributed by atoms with E-state index in [2.05, 4.69) is 17.6 Å². The molecular formula is C15H30N2. The van der Waals surface area contributed by atoms with Gasteiger partial charge in [0.05, 0.1) is 0 Å². The lowest BCUT2D eigenvalue weighted by atomic mass is 9.81. The second-order valence-electron chi connectivity index (χ2n) is 6.10. The van der Waals surface area contributed by atoms with Gasteiger partial charge >= 0.3 is 0 Å². The number of nitrogens with one attached hydrogen (secondary N) is 2. The summed E-state index contributed by atoms with van der Waals surface area (Å²) in [5.41, 5.74) is 0. The molecule has 2 N–H and O–H groups in total. The highest BCUT2D eigenvalue weighted by atomic mass is 15.0. The smallest absolute Gasteiger partial charge is 0.0192 e. The summed E-state index contributed by atoms with van der Waals surface area (Å²) in [7, 11) is 0. The Labute approximate surface area is 107 Å². The first-order chi connectivity index (χ1) is 8.38. The molecule has 0 aromatic rings. The zero-order chi connectivity index (χ0) is 11.9. The minimum absolute atomic E-state index is 0.746. The van der Waals surface area contributed by atoms with Gasteiger partial charge in [0, 0.05) is 12.6 Å². The number of piperidine rings is 1. The lowest BCUT2D eigenvalue weighted by molar-refractivity contribution is 0.258. The maximum atomic E-state index is 3.70. The lowest BCUT2D eigenvalue weighted by Gasteiger charge is -2.29. The monoisotopic (exact) mass is 238 g/mol. The van der Waals surface area contributed by atoms with Crippen molar-refractivity contribution in [2.75, 3.05) is 19.6 Å². The summed E-state index contributed by atoms with van der Waals surface area (Å²) in [6.45, 7) is 6.02. The molecular weight excluding hydrogens is 208 g/mol. The third-order valence-electron chi connectivity index (χ3n) is 4.78. The standard InChI is InChI=1S/C15H30N2/c1-2-13-6-8-14(9-7-13)11-16-12-15-5-3-4-10-17-15/h13-17H,2-12H2,1H3. The molecule has 1 saturated carbocycles. The fourth-order valence-electron chi connectivity index (χ4n) is 3.40. The molecule has 0 aromatic carbocycles.